The summed E-state index contributed by atoms with van der Waals surface area (Å²) in [7, 11) is -0.726. The molecule has 2 aromatic carbocycles. The van der Waals surface area contributed by atoms with Crippen LogP contribution >= 0.6 is 0 Å². The molecule has 0 fully saturated rings. The van der Waals surface area contributed by atoms with E-state index in [0.717, 1.165) is 10.4 Å². The molecule has 0 aliphatic rings. The fourth-order valence-corrected chi connectivity index (χ4v) is 2.97. The highest BCUT2D eigenvalue weighted by Gasteiger charge is 2.16. The first-order valence-electron chi connectivity index (χ1n) is 8.12. The Hall–Kier alpha value is -3.04. The number of rotatable bonds is 7. The van der Waals surface area contributed by atoms with Gasteiger partial charge >= 0.3 is 5.97 Å². The molecular formula is C19H19FN2O5S. The molecule has 1 amide bonds. The number of esters is 1. The second kappa shape index (κ2) is 9.25. The maximum Gasteiger partial charge on any atom is 0.331 e. The average Bonchev–Trinajstić information content (AvgIpc) is 2.66. The summed E-state index contributed by atoms with van der Waals surface area (Å²) in [6.45, 7) is -0.543. The van der Waals surface area contributed by atoms with Gasteiger partial charge in [-0.15, -0.1) is 0 Å². The van der Waals surface area contributed by atoms with Gasteiger partial charge in [-0.05, 0) is 36.4 Å². The van der Waals surface area contributed by atoms with Crippen LogP contribution in [0, 0.1) is 5.82 Å². The lowest BCUT2D eigenvalue weighted by atomic mass is 10.2. The van der Waals surface area contributed by atoms with Gasteiger partial charge in [0.25, 0.3) is 5.91 Å². The van der Waals surface area contributed by atoms with Crippen LogP contribution in [0.25, 0.3) is 6.08 Å². The van der Waals surface area contributed by atoms with E-state index in [1.807, 2.05) is 0 Å². The fraction of sp³-hybridized carbons (Fsp3) is 0.158. The first-order chi connectivity index (χ1) is 13.2. The molecule has 0 spiro atoms. The lowest BCUT2D eigenvalue weighted by Crippen LogP contribution is -2.22. The van der Waals surface area contributed by atoms with Gasteiger partial charge in [0.15, 0.2) is 6.61 Å². The molecule has 0 aliphatic carbocycles. The SMILES string of the molecule is CN(C)S(=O)(=O)c1ccc(NC(=O)COC(=O)/C=C/c2ccccc2F)cc1. The Bertz CT molecular complexity index is 986. The number of nitrogens with zero attached hydrogens (tertiary/aromatic N) is 1. The third-order valence-corrected chi connectivity index (χ3v) is 5.40. The lowest BCUT2D eigenvalue weighted by Gasteiger charge is -2.12. The summed E-state index contributed by atoms with van der Waals surface area (Å²) in [5.74, 6) is -1.88. The molecule has 0 aliphatic heterocycles. The van der Waals surface area contributed by atoms with E-state index >= 15 is 0 Å². The van der Waals surface area contributed by atoms with Gasteiger partial charge in [0.2, 0.25) is 10.0 Å². The molecule has 0 aromatic heterocycles. The van der Waals surface area contributed by atoms with Crippen molar-refractivity contribution in [2.45, 2.75) is 4.90 Å². The van der Waals surface area contributed by atoms with Crippen molar-refractivity contribution in [1.82, 2.24) is 4.31 Å². The summed E-state index contributed by atoms with van der Waals surface area (Å²) in [5.41, 5.74) is 0.567. The summed E-state index contributed by atoms with van der Waals surface area (Å²) >= 11 is 0. The molecule has 0 atom stereocenters. The zero-order valence-corrected chi connectivity index (χ0v) is 16.1. The van der Waals surface area contributed by atoms with Crippen LogP contribution in [0.1, 0.15) is 5.56 Å². The van der Waals surface area contributed by atoms with Crippen molar-refractivity contribution in [2.24, 2.45) is 0 Å². The van der Waals surface area contributed by atoms with E-state index in [1.165, 1.54) is 62.6 Å². The Balaban J connectivity index is 1.87. The highest BCUT2D eigenvalue weighted by molar-refractivity contribution is 7.89. The molecule has 0 bridgehead atoms. The number of benzene rings is 2. The predicted molar refractivity (Wildman–Crippen MR) is 102 cm³/mol. The Morgan fingerprint density at radius 2 is 1.75 bits per heavy atom. The van der Waals surface area contributed by atoms with E-state index in [1.54, 1.807) is 6.07 Å². The van der Waals surface area contributed by atoms with Gasteiger partial charge in [-0.3, -0.25) is 4.79 Å². The van der Waals surface area contributed by atoms with Crippen LogP contribution in [0.5, 0.6) is 0 Å². The Morgan fingerprint density at radius 3 is 2.36 bits per heavy atom. The number of hydrogen-bond donors (Lipinski definition) is 1. The summed E-state index contributed by atoms with van der Waals surface area (Å²) < 4.78 is 43.3. The van der Waals surface area contributed by atoms with E-state index in [9.17, 15) is 22.4 Å². The molecule has 2 aromatic rings. The molecule has 7 nitrogen and oxygen atoms in total. The highest BCUT2D eigenvalue weighted by Crippen LogP contribution is 2.16. The molecule has 0 heterocycles. The van der Waals surface area contributed by atoms with Crippen molar-refractivity contribution in [1.29, 1.82) is 0 Å². The van der Waals surface area contributed by atoms with Crippen molar-refractivity contribution in [2.75, 3.05) is 26.0 Å². The minimum absolute atomic E-state index is 0.0835. The maximum atomic E-state index is 13.4. The molecule has 0 saturated heterocycles. The van der Waals surface area contributed by atoms with Crippen molar-refractivity contribution in [3.63, 3.8) is 0 Å². The quantitative estimate of drug-likeness (QED) is 0.563. The number of nitrogens with one attached hydrogen (secondary N) is 1. The minimum Gasteiger partial charge on any atom is -0.452 e. The van der Waals surface area contributed by atoms with Crippen LogP contribution in [-0.2, 0) is 24.3 Å². The molecule has 0 unspecified atom stereocenters. The molecular weight excluding hydrogens is 387 g/mol. The highest BCUT2D eigenvalue weighted by atomic mass is 32.2. The van der Waals surface area contributed by atoms with Gasteiger partial charge in [0.1, 0.15) is 5.82 Å². The molecule has 0 saturated carbocycles. The van der Waals surface area contributed by atoms with Gasteiger partial charge in [-0.2, -0.15) is 0 Å². The molecule has 28 heavy (non-hydrogen) atoms. The van der Waals surface area contributed by atoms with Gasteiger partial charge in [-0.25, -0.2) is 21.9 Å². The largest absolute Gasteiger partial charge is 0.452 e. The average molecular weight is 406 g/mol. The van der Waals surface area contributed by atoms with Crippen LogP contribution < -0.4 is 5.32 Å². The number of ether oxygens (including phenoxy) is 1. The Labute approximate surface area is 162 Å². The van der Waals surface area contributed by atoms with Crippen LogP contribution in [0.4, 0.5) is 10.1 Å². The smallest absolute Gasteiger partial charge is 0.331 e. The van der Waals surface area contributed by atoms with Crippen LogP contribution in [0.3, 0.4) is 0 Å². The molecule has 1 N–H and O–H groups in total. The first-order valence-corrected chi connectivity index (χ1v) is 9.56. The standard InChI is InChI=1S/C19H19FN2O5S/c1-22(2)28(25,26)16-10-8-15(9-11-16)21-18(23)13-27-19(24)12-7-14-5-3-4-6-17(14)20/h3-12H,13H2,1-2H3,(H,21,23)/b12-7+. The third-order valence-electron chi connectivity index (χ3n) is 3.57. The third kappa shape index (κ3) is 5.73. The van der Waals surface area contributed by atoms with Crippen molar-refractivity contribution < 1.29 is 27.1 Å². The van der Waals surface area contributed by atoms with Gasteiger partial charge < -0.3 is 10.1 Å². The van der Waals surface area contributed by atoms with E-state index in [-0.39, 0.29) is 10.5 Å². The number of carbonyl (C=O) groups excluding carboxylic acids is 2. The number of carbonyl (C=O) groups is 2. The molecule has 148 valence electrons. The molecule has 0 radical (unpaired) electrons. The van der Waals surface area contributed by atoms with E-state index in [0.29, 0.717) is 5.69 Å². The van der Waals surface area contributed by atoms with Gasteiger partial charge in [-0.1, -0.05) is 18.2 Å². The van der Waals surface area contributed by atoms with Crippen molar-refractivity contribution in [3.8, 4) is 0 Å². The number of sulfonamides is 1. The maximum absolute atomic E-state index is 13.4. The topological polar surface area (TPSA) is 92.8 Å². The van der Waals surface area contributed by atoms with Crippen molar-refractivity contribution >= 4 is 33.7 Å². The van der Waals surface area contributed by atoms with Crippen LogP contribution in [0.15, 0.2) is 59.5 Å². The van der Waals surface area contributed by atoms with Crippen LogP contribution in [0.2, 0.25) is 0 Å². The summed E-state index contributed by atoms with van der Waals surface area (Å²) in [6, 6.07) is 11.5. The lowest BCUT2D eigenvalue weighted by molar-refractivity contribution is -0.142. The zero-order chi connectivity index (χ0) is 20.7. The summed E-state index contributed by atoms with van der Waals surface area (Å²) in [5, 5.41) is 2.48. The number of halogens is 1. The van der Waals surface area contributed by atoms with E-state index < -0.39 is 34.3 Å². The summed E-state index contributed by atoms with van der Waals surface area (Å²) in [4.78, 5) is 23.5. The normalized spacial score (nSPS) is 11.6. The second-order valence-corrected chi connectivity index (χ2v) is 7.97. The number of hydrogen-bond acceptors (Lipinski definition) is 5. The minimum atomic E-state index is -3.56. The Kier molecular flexibility index (Phi) is 7.02. The zero-order valence-electron chi connectivity index (χ0n) is 15.3. The monoisotopic (exact) mass is 406 g/mol. The fourth-order valence-electron chi connectivity index (χ4n) is 2.07. The predicted octanol–water partition coefficient (Wildman–Crippen LogP) is 2.27. The van der Waals surface area contributed by atoms with E-state index in [4.69, 9.17) is 4.74 Å². The first kappa shape index (κ1) is 21.3. The number of amides is 1. The number of anilines is 1. The van der Waals surface area contributed by atoms with E-state index in [2.05, 4.69) is 5.32 Å². The van der Waals surface area contributed by atoms with Crippen LogP contribution in [-0.4, -0.2) is 45.3 Å². The Morgan fingerprint density at radius 1 is 1.11 bits per heavy atom. The van der Waals surface area contributed by atoms with Crippen molar-refractivity contribution in [3.05, 3.63) is 66.0 Å². The molecule has 2 rings (SSSR count). The summed E-state index contributed by atoms with van der Waals surface area (Å²) in [6.07, 6.45) is 2.27. The second-order valence-electron chi connectivity index (χ2n) is 5.82. The van der Waals surface area contributed by atoms with Gasteiger partial charge in [0.05, 0.1) is 4.90 Å². The molecule has 9 heteroatoms. The van der Waals surface area contributed by atoms with Gasteiger partial charge in [0, 0.05) is 31.4 Å².